The number of ether oxygens (including phenoxy) is 1. The molecule has 126 valence electrons. The quantitative estimate of drug-likeness (QED) is 0.285. The number of unbranched alkanes of at least 4 members (excludes halogenated alkanes) is 1. The molecule has 0 aliphatic carbocycles. The Hall–Kier alpha value is -2.82. The fourth-order valence-corrected chi connectivity index (χ4v) is 2.20. The fraction of sp³-hybridized carbons (Fsp3) is 0.263. The third-order valence-corrected chi connectivity index (χ3v) is 3.63. The van der Waals surface area contributed by atoms with E-state index in [1.165, 1.54) is 0 Å². The van der Waals surface area contributed by atoms with Crippen molar-refractivity contribution in [3.63, 3.8) is 0 Å². The monoisotopic (exact) mass is 325 g/mol. The number of nitrogens with one attached hydrogen (secondary N) is 2. The van der Waals surface area contributed by atoms with E-state index in [0.717, 1.165) is 36.4 Å². The average molecular weight is 325 g/mol. The van der Waals surface area contributed by atoms with Crippen LogP contribution in [0.2, 0.25) is 0 Å². The van der Waals surface area contributed by atoms with Crippen molar-refractivity contribution in [1.82, 2.24) is 0 Å². The van der Waals surface area contributed by atoms with Gasteiger partial charge in [-0.25, -0.2) is 0 Å². The molecule has 0 aromatic heterocycles. The Labute approximate surface area is 142 Å². The summed E-state index contributed by atoms with van der Waals surface area (Å²) in [6.45, 7) is 3.06. The van der Waals surface area contributed by atoms with Gasteiger partial charge in [-0.15, -0.1) is 0 Å². The van der Waals surface area contributed by atoms with E-state index in [1.54, 1.807) is 19.1 Å². The molecule has 0 fully saturated rings. The van der Waals surface area contributed by atoms with Gasteiger partial charge in [0.25, 0.3) is 0 Å². The molecule has 0 aliphatic rings. The summed E-state index contributed by atoms with van der Waals surface area (Å²) in [7, 11) is 0. The topological polar surface area (TPSA) is 88.2 Å². The summed E-state index contributed by atoms with van der Waals surface area (Å²) in [5.41, 5.74) is 7.85. The van der Waals surface area contributed by atoms with Crippen molar-refractivity contribution < 1.29 is 9.53 Å². The highest BCUT2D eigenvalue weighted by Gasteiger charge is 1.99. The minimum atomic E-state index is 0.0592. The van der Waals surface area contributed by atoms with Gasteiger partial charge in [-0.2, -0.15) is 0 Å². The summed E-state index contributed by atoms with van der Waals surface area (Å²) < 4.78 is 5.66. The predicted molar refractivity (Wildman–Crippen MR) is 97.1 cm³/mol. The fourth-order valence-electron chi connectivity index (χ4n) is 2.20. The van der Waals surface area contributed by atoms with Gasteiger partial charge in [0.05, 0.1) is 6.61 Å². The molecule has 0 saturated heterocycles. The van der Waals surface area contributed by atoms with E-state index in [0.29, 0.717) is 12.2 Å². The Morgan fingerprint density at radius 2 is 1.67 bits per heavy atom. The number of nitrogens with two attached hydrogens (primary N) is 1. The van der Waals surface area contributed by atoms with Crippen molar-refractivity contribution in [3.05, 3.63) is 59.7 Å². The largest absolute Gasteiger partial charge is 0.494 e. The number of carbonyl (C=O) groups excluding carboxylic acids is 1. The smallest absolute Gasteiger partial charge is 0.159 e. The van der Waals surface area contributed by atoms with Gasteiger partial charge in [0, 0.05) is 23.4 Å². The van der Waals surface area contributed by atoms with E-state index in [1.807, 2.05) is 36.4 Å². The summed E-state index contributed by atoms with van der Waals surface area (Å²) >= 11 is 0. The zero-order chi connectivity index (χ0) is 17.4. The summed E-state index contributed by atoms with van der Waals surface area (Å²) in [5.74, 6) is 0.923. The Morgan fingerprint density at radius 3 is 2.25 bits per heavy atom. The van der Waals surface area contributed by atoms with Crippen LogP contribution in [0.5, 0.6) is 5.75 Å². The number of Topliss-reactive ketones (excluding diaryl/α,β-unsaturated/α-hetero) is 1. The summed E-state index contributed by atoms with van der Waals surface area (Å²) in [6.07, 6.45) is 1.92. The first-order chi connectivity index (χ1) is 11.6. The van der Waals surface area contributed by atoms with Crippen LogP contribution in [0.1, 0.15) is 35.7 Å². The second-order valence-corrected chi connectivity index (χ2v) is 5.55. The summed E-state index contributed by atoms with van der Waals surface area (Å²) in [4.78, 5) is 11.2. The molecule has 0 radical (unpaired) electrons. The van der Waals surface area contributed by atoms with E-state index in [9.17, 15) is 4.79 Å². The van der Waals surface area contributed by atoms with Crippen molar-refractivity contribution in [2.24, 2.45) is 5.73 Å². The van der Waals surface area contributed by atoms with Crippen LogP contribution in [0.25, 0.3) is 0 Å². The highest BCUT2D eigenvalue weighted by atomic mass is 16.5. The minimum Gasteiger partial charge on any atom is -0.494 e. The molecule has 0 atom stereocenters. The van der Waals surface area contributed by atoms with Gasteiger partial charge in [0.2, 0.25) is 0 Å². The standard InChI is InChI=1S/C19H23N3O2/c1-14(23)15-4-8-17(9-5-15)22-12-2-3-13-24-18-10-6-16(7-11-18)19(20)21/h4-11,22H,2-3,12-13H2,1H3,(H3,20,21). The number of nitrogen functional groups attached to an aromatic ring is 1. The molecule has 0 amide bonds. The lowest BCUT2D eigenvalue weighted by atomic mass is 10.1. The highest BCUT2D eigenvalue weighted by Crippen LogP contribution is 2.13. The molecule has 5 heteroatoms. The van der Waals surface area contributed by atoms with Gasteiger partial charge < -0.3 is 15.8 Å². The molecule has 24 heavy (non-hydrogen) atoms. The van der Waals surface area contributed by atoms with Crippen molar-refractivity contribution >= 4 is 17.3 Å². The third-order valence-electron chi connectivity index (χ3n) is 3.63. The molecule has 2 aromatic carbocycles. The van der Waals surface area contributed by atoms with Gasteiger partial charge in [0.1, 0.15) is 11.6 Å². The molecule has 0 saturated carbocycles. The van der Waals surface area contributed by atoms with E-state index in [-0.39, 0.29) is 11.6 Å². The van der Waals surface area contributed by atoms with Crippen LogP contribution in [0.3, 0.4) is 0 Å². The second-order valence-electron chi connectivity index (χ2n) is 5.55. The average Bonchev–Trinajstić information content (AvgIpc) is 2.58. The van der Waals surface area contributed by atoms with Gasteiger partial charge in [-0.3, -0.25) is 10.2 Å². The number of ketones is 1. The lowest BCUT2D eigenvalue weighted by Crippen LogP contribution is -2.10. The van der Waals surface area contributed by atoms with E-state index in [2.05, 4.69) is 5.32 Å². The van der Waals surface area contributed by atoms with Gasteiger partial charge in [-0.05, 0) is 68.3 Å². The molecular formula is C19H23N3O2. The van der Waals surface area contributed by atoms with E-state index >= 15 is 0 Å². The Morgan fingerprint density at radius 1 is 1.04 bits per heavy atom. The van der Waals surface area contributed by atoms with Crippen molar-refractivity contribution in [2.45, 2.75) is 19.8 Å². The van der Waals surface area contributed by atoms with Gasteiger partial charge in [-0.1, -0.05) is 0 Å². The Bertz CT molecular complexity index is 617. The number of amidine groups is 1. The number of anilines is 1. The SMILES string of the molecule is CC(=O)c1ccc(NCCCCOc2ccc(C(=N)N)cc2)cc1. The minimum absolute atomic E-state index is 0.0592. The Balaban J connectivity index is 1.62. The van der Waals surface area contributed by atoms with Crippen LogP contribution in [0.15, 0.2) is 48.5 Å². The molecule has 4 N–H and O–H groups in total. The molecule has 0 aliphatic heterocycles. The molecule has 0 bridgehead atoms. The number of benzene rings is 2. The zero-order valence-electron chi connectivity index (χ0n) is 13.8. The van der Waals surface area contributed by atoms with Crippen molar-refractivity contribution in [3.8, 4) is 5.75 Å². The second kappa shape index (κ2) is 8.72. The maximum absolute atomic E-state index is 11.2. The lowest BCUT2D eigenvalue weighted by molar-refractivity contribution is 0.101. The van der Waals surface area contributed by atoms with Crippen LogP contribution in [-0.2, 0) is 0 Å². The van der Waals surface area contributed by atoms with Crippen LogP contribution in [-0.4, -0.2) is 24.8 Å². The van der Waals surface area contributed by atoms with E-state index in [4.69, 9.17) is 15.9 Å². The number of hydrogen-bond acceptors (Lipinski definition) is 4. The maximum atomic E-state index is 11.2. The van der Waals surface area contributed by atoms with Crippen LogP contribution in [0, 0.1) is 5.41 Å². The zero-order valence-corrected chi connectivity index (χ0v) is 13.8. The summed E-state index contributed by atoms with van der Waals surface area (Å²) in [6, 6.07) is 14.7. The number of carbonyl (C=O) groups is 1. The summed E-state index contributed by atoms with van der Waals surface area (Å²) in [5, 5.41) is 10.7. The normalized spacial score (nSPS) is 10.2. The molecule has 0 heterocycles. The first kappa shape index (κ1) is 17.5. The third kappa shape index (κ3) is 5.43. The van der Waals surface area contributed by atoms with Crippen LogP contribution >= 0.6 is 0 Å². The molecule has 0 spiro atoms. The molecule has 5 nitrogen and oxygen atoms in total. The number of hydrogen-bond donors (Lipinski definition) is 3. The maximum Gasteiger partial charge on any atom is 0.159 e. The van der Waals surface area contributed by atoms with Gasteiger partial charge in [0.15, 0.2) is 5.78 Å². The lowest BCUT2D eigenvalue weighted by Gasteiger charge is -2.09. The van der Waals surface area contributed by atoms with Gasteiger partial charge >= 0.3 is 0 Å². The first-order valence-corrected chi connectivity index (χ1v) is 7.98. The molecule has 0 unspecified atom stereocenters. The predicted octanol–water partition coefficient (Wildman–Crippen LogP) is 3.44. The van der Waals surface area contributed by atoms with E-state index < -0.39 is 0 Å². The van der Waals surface area contributed by atoms with Crippen molar-refractivity contribution in [2.75, 3.05) is 18.5 Å². The van der Waals surface area contributed by atoms with Crippen molar-refractivity contribution in [1.29, 1.82) is 5.41 Å². The Kier molecular flexibility index (Phi) is 6.37. The first-order valence-electron chi connectivity index (χ1n) is 7.98. The molecule has 2 rings (SSSR count). The van der Waals surface area contributed by atoms with Crippen LogP contribution < -0.4 is 15.8 Å². The molecular weight excluding hydrogens is 302 g/mol. The number of rotatable bonds is 9. The highest BCUT2D eigenvalue weighted by molar-refractivity contribution is 5.95. The van der Waals surface area contributed by atoms with Crippen LogP contribution in [0.4, 0.5) is 5.69 Å². The molecule has 2 aromatic rings.